The topological polar surface area (TPSA) is 90.0 Å². The summed E-state index contributed by atoms with van der Waals surface area (Å²) < 4.78 is 17.7. The number of para-hydroxylation sites is 1. The number of esters is 2. The summed E-state index contributed by atoms with van der Waals surface area (Å²) in [5, 5.41) is 1.07. The lowest BCUT2D eigenvalue weighted by atomic mass is 9.47. The Hall–Kier alpha value is -2.93. The van der Waals surface area contributed by atoms with Crippen molar-refractivity contribution in [2.24, 2.45) is 27.7 Å². The first-order chi connectivity index (χ1) is 15.9. The molecule has 0 bridgehead atoms. The van der Waals surface area contributed by atoms with Crippen molar-refractivity contribution in [3.63, 3.8) is 0 Å². The Balaban J connectivity index is 1.37. The minimum Gasteiger partial charge on any atom is -0.455 e. The Morgan fingerprint density at radius 2 is 2.03 bits per heavy atom. The fraction of sp³-hybridized carbons (Fsp3) is 0.500. The van der Waals surface area contributed by atoms with Crippen molar-refractivity contribution in [2.45, 2.75) is 51.5 Å². The van der Waals surface area contributed by atoms with Gasteiger partial charge in [0.05, 0.1) is 18.2 Å². The van der Waals surface area contributed by atoms with Crippen molar-refractivity contribution >= 4 is 28.6 Å². The summed E-state index contributed by atoms with van der Waals surface area (Å²) in [4.78, 5) is 35.0. The van der Waals surface area contributed by atoms with Crippen LogP contribution in [0.5, 0.6) is 0 Å². The summed E-state index contributed by atoms with van der Waals surface area (Å²) in [6.45, 7) is 4.81. The van der Waals surface area contributed by atoms with Gasteiger partial charge in [-0.05, 0) is 41.4 Å². The van der Waals surface area contributed by atoms with Crippen LogP contribution < -0.4 is 0 Å². The summed E-state index contributed by atoms with van der Waals surface area (Å²) in [5.74, 6) is -0.751. The molecule has 3 fully saturated rings. The zero-order valence-electron chi connectivity index (χ0n) is 18.7. The molecular formula is C26H26N2O5. The molecule has 7 nitrogen and oxygen atoms in total. The van der Waals surface area contributed by atoms with Crippen LogP contribution in [0.15, 0.2) is 47.1 Å². The maximum atomic E-state index is 13.6. The number of nitrogens with zero attached hydrogens (tertiary/aromatic N) is 1. The monoisotopic (exact) mass is 446 g/mol. The number of aromatic nitrogens is 1. The smallest absolute Gasteiger partial charge is 0.331 e. The van der Waals surface area contributed by atoms with E-state index in [1.807, 2.05) is 30.5 Å². The van der Waals surface area contributed by atoms with Crippen molar-refractivity contribution in [1.82, 2.24) is 4.98 Å². The Labute approximate surface area is 191 Å². The van der Waals surface area contributed by atoms with Gasteiger partial charge in [0.2, 0.25) is 6.29 Å². The molecule has 3 aliphatic heterocycles. The minimum absolute atomic E-state index is 0.0264. The van der Waals surface area contributed by atoms with Crippen LogP contribution in [-0.2, 0) is 30.2 Å². The number of nitrogens with one attached hydrogen (secondary N) is 1. The lowest BCUT2D eigenvalue weighted by molar-refractivity contribution is -0.166. The third-order valence-electron chi connectivity index (χ3n) is 8.60. The molecule has 2 aliphatic carbocycles. The van der Waals surface area contributed by atoms with Crippen molar-refractivity contribution in [2.75, 3.05) is 6.61 Å². The number of carbonyl (C=O) groups is 2. The van der Waals surface area contributed by atoms with Crippen LogP contribution in [0.1, 0.15) is 32.3 Å². The average Bonchev–Trinajstić information content (AvgIpc) is 3.46. The summed E-state index contributed by atoms with van der Waals surface area (Å²) in [7, 11) is 0. The Morgan fingerprint density at radius 3 is 2.91 bits per heavy atom. The van der Waals surface area contributed by atoms with Crippen LogP contribution >= 0.6 is 0 Å². The van der Waals surface area contributed by atoms with Gasteiger partial charge in [-0.2, -0.15) is 0 Å². The molecule has 5 aliphatic rings. The van der Waals surface area contributed by atoms with E-state index in [2.05, 4.69) is 24.9 Å². The number of allylic oxidation sites excluding steroid dienone is 1. The van der Waals surface area contributed by atoms with E-state index in [4.69, 9.17) is 19.2 Å². The summed E-state index contributed by atoms with van der Waals surface area (Å²) in [5.41, 5.74) is 2.72. The van der Waals surface area contributed by atoms with Crippen LogP contribution in [0.2, 0.25) is 0 Å². The van der Waals surface area contributed by atoms with Gasteiger partial charge in [0.25, 0.3) is 0 Å². The van der Waals surface area contributed by atoms with Crippen molar-refractivity contribution in [3.8, 4) is 0 Å². The SMILES string of the molecule is CC1(C)CC2OC(=O)C(Cc3c[nH]c4ccccc34)N=C2C23C(=O)OC4OCC(=CCC12)C43. The summed E-state index contributed by atoms with van der Waals surface area (Å²) in [6, 6.07) is 7.33. The van der Waals surface area contributed by atoms with Crippen molar-refractivity contribution in [3.05, 3.63) is 47.7 Å². The van der Waals surface area contributed by atoms with Gasteiger partial charge >= 0.3 is 11.9 Å². The van der Waals surface area contributed by atoms with E-state index >= 15 is 0 Å². The normalized spacial score (nSPS) is 38.1. The standard InChI is InChI=1S/C26H26N2O5/c1-25(2)10-18-21(26-19(25)8-7-13-12-31-23(20(13)26)33-24(26)30)28-17(22(29)32-18)9-14-11-27-16-6-4-3-5-15(14)16/h3-7,11,17-20,23,27H,8-10,12H2,1-2H3. The number of rotatable bonds is 2. The molecule has 7 heteroatoms. The quantitative estimate of drug-likeness (QED) is 0.565. The maximum Gasteiger partial charge on any atom is 0.331 e. The van der Waals surface area contributed by atoms with Crippen LogP contribution in [0.4, 0.5) is 0 Å². The Morgan fingerprint density at radius 1 is 1.18 bits per heavy atom. The highest BCUT2D eigenvalue weighted by molar-refractivity contribution is 6.14. The lowest BCUT2D eigenvalue weighted by Crippen LogP contribution is -2.64. The first-order valence-electron chi connectivity index (χ1n) is 11.7. The van der Waals surface area contributed by atoms with Crippen LogP contribution in [0.25, 0.3) is 10.9 Å². The molecule has 6 unspecified atom stereocenters. The van der Waals surface area contributed by atoms with Crippen LogP contribution in [0, 0.1) is 22.7 Å². The number of hydrogen-bond acceptors (Lipinski definition) is 6. The predicted molar refractivity (Wildman–Crippen MR) is 119 cm³/mol. The average molecular weight is 447 g/mol. The zero-order chi connectivity index (χ0) is 22.5. The minimum atomic E-state index is -0.920. The highest BCUT2D eigenvalue weighted by Gasteiger charge is 2.74. The number of carbonyl (C=O) groups excluding carboxylic acids is 2. The first kappa shape index (κ1) is 19.5. The molecule has 7 rings (SSSR count). The molecule has 1 spiro atoms. The Kier molecular flexibility index (Phi) is 3.76. The molecule has 0 radical (unpaired) electrons. The van der Waals surface area contributed by atoms with E-state index in [1.165, 1.54) is 0 Å². The highest BCUT2D eigenvalue weighted by atomic mass is 16.7. The second kappa shape index (κ2) is 6.35. The molecule has 4 heterocycles. The van der Waals surface area contributed by atoms with Gasteiger partial charge in [0.15, 0.2) is 6.04 Å². The molecule has 6 atom stereocenters. The van der Waals surface area contributed by atoms with Gasteiger partial charge in [-0.25, -0.2) is 4.79 Å². The largest absolute Gasteiger partial charge is 0.455 e. The number of aliphatic imine (C=N–C) groups is 1. The molecule has 1 aromatic heterocycles. The molecule has 1 aromatic carbocycles. The fourth-order valence-electron chi connectivity index (χ4n) is 7.20. The number of ether oxygens (including phenoxy) is 3. The Bertz CT molecular complexity index is 1270. The molecule has 33 heavy (non-hydrogen) atoms. The third kappa shape index (κ3) is 2.41. The van der Waals surface area contributed by atoms with Crippen LogP contribution in [-0.4, -0.2) is 47.7 Å². The number of hydrogen-bond donors (Lipinski definition) is 1. The van der Waals surface area contributed by atoms with Crippen LogP contribution in [0.3, 0.4) is 0 Å². The molecule has 170 valence electrons. The van der Waals surface area contributed by atoms with Gasteiger partial charge in [-0.1, -0.05) is 38.1 Å². The zero-order valence-corrected chi connectivity index (χ0v) is 18.7. The molecular weight excluding hydrogens is 420 g/mol. The third-order valence-corrected chi connectivity index (χ3v) is 8.60. The van der Waals surface area contributed by atoms with E-state index < -0.39 is 23.9 Å². The molecule has 0 amide bonds. The fourth-order valence-corrected chi connectivity index (χ4v) is 7.20. The molecule has 2 aromatic rings. The molecule has 1 saturated carbocycles. The van der Waals surface area contributed by atoms with Crippen molar-refractivity contribution in [1.29, 1.82) is 0 Å². The number of fused-ring (bicyclic) bond motifs is 2. The van der Waals surface area contributed by atoms with E-state index in [0.717, 1.165) is 28.5 Å². The second-order valence-electron chi connectivity index (χ2n) is 10.7. The number of benzene rings is 1. The van der Waals surface area contributed by atoms with E-state index in [1.54, 1.807) is 0 Å². The van der Waals surface area contributed by atoms with Gasteiger partial charge in [-0.15, -0.1) is 0 Å². The van der Waals surface area contributed by atoms with Crippen molar-refractivity contribution < 1.29 is 23.8 Å². The van der Waals surface area contributed by atoms with E-state index in [0.29, 0.717) is 25.2 Å². The second-order valence-corrected chi connectivity index (χ2v) is 10.7. The highest BCUT2D eigenvalue weighted by Crippen LogP contribution is 2.65. The number of aromatic amines is 1. The molecule has 2 saturated heterocycles. The van der Waals surface area contributed by atoms with Gasteiger partial charge < -0.3 is 19.2 Å². The molecule has 1 N–H and O–H groups in total. The van der Waals surface area contributed by atoms with E-state index in [9.17, 15) is 9.59 Å². The number of H-pyrrole nitrogens is 1. The van der Waals surface area contributed by atoms with Gasteiger partial charge in [0.1, 0.15) is 11.5 Å². The summed E-state index contributed by atoms with van der Waals surface area (Å²) >= 11 is 0. The lowest BCUT2D eigenvalue weighted by Gasteiger charge is -2.55. The van der Waals surface area contributed by atoms with E-state index in [-0.39, 0.29) is 29.2 Å². The van der Waals surface area contributed by atoms with Gasteiger partial charge in [-0.3, -0.25) is 9.79 Å². The maximum absolute atomic E-state index is 13.6. The van der Waals surface area contributed by atoms with Gasteiger partial charge in [0, 0.05) is 23.5 Å². The summed E-state index contributed by atoms with van der Waals surface area (Å²) in [6.07, 6.45) is 4.93. The first-order valence-corrected chi connectivity index (χ1v) is 11.7. The predicted octanol–water partition coefficient (Wildman–Crippen LogP) is 3.34.